The molecule has 1 aliphatic heterocycles. The molecule has 1 saturated heterocycles. The van der Waals surface area contributed by atoms with Crippen molar-refractivity contribution in [3.63, 3.8) is 0 Å². The van der Waals surface area contributed by atoms with Crippen molar-refractivity contribution in [3.8, 4) is 11.5 Å². The molecule has 1 aromatic rings. The molecule has 1 atom stereocenters. The van der Waals surface area contributed by atoms with Crippen LogP contribution < -0.4 is 14.8 Å². The van der Waals surface area contributed by atoms with Crippen LogP contribution in [0, 0.1) is 5.92 Å². The predicted octanol–water partition coefficient (Wildman–Crippen LogP) is 3.79. The summed E-state index contributed by atoms with van der Waals surface area (Å²) in [4.78, 5) is 27.2. The molecule has 0 aromatic heterocycles. The standard InChI is InChI=1S/C24H34N2O4/c1-3-30-22-16-18(11-13-21(22)29-2)12-14-23(27)26-15-7-8-19(17-26)24(28)25-20-9-5-4-6-10-20/h11-14,16,19-20H,3-10,15,17H2,1-2H3,(H,25,28)/b14-12+. The third-order valence-corrected chi connectivity index (χ3v) is 5.96. The number of nitrogens with zero attached hydrogens (tertiary/aromatic N) is 1. The zero-order valence-corrected chi connectivity index (χ0v) is 18.2. The molecule has 1 unspecified atom stereocenters. The van der Waals surface area contributed by atoms with E-state index < -0.39 is 0 Å². The number of nitrogens with one attached hydrogen (secondary N) is 1. The Bertz CT molecular complexity index is 756. The van der Waals surface area contributed by atoms with Crippen molar-refractivity contribution in [3.05, 3.63) is 29.8 Å². The van der Waals surface area contributed by atoms with Crippen LogP contribution in [0.3, 0.4) is 0 Å². The second-order valence-electron chi connectivity index (χ2n) is 8.14. The Kier molecular flexibility index (Phi) is 8.17. The summed E-state index contributed by atoms with van der Waals surface area (Å²) in [6.07, 6.45) is 10.9. The second-order valence-corrected chi connectivity index (χ2v) is 8.14. The van der Waals surface area contributed by atoms with Crippen molar-refractivity contribution < 1.29 is 19.1 Å². The minimum atomic E-state index is -0.108. The lowest BCUT2D eigenvalue weighted by atomic mass is 9.93. The first-order chi connectivity index (χ1) is 14.6. The number of likely N-dealkylation sites (tertiary alicyclic amines) is 1. The highest BCUT2D eigenvalue weighted by atomic mass is 16.5. The Morgan fingerprint density at radius 1 is 1.13 bits per heavy atom. The summed E-state index contributed by atoms with van der Waals surface area (Å²) in [6.45, 7) is 3.65. The van der Waals surface area contributed by atoms with Crippen molar-refractivity contribution in [1.29, 1.82) is 0 Å². The van der Waals surface area contributed by atoms with Gasteiger partial charge in [0.05, 0.1) is 19.6 Å². The number of amides is 2. The van der Waals surface area contributed by atoms with Crippen LogP contribution >= 0.6 is 0 Å². The van der Waals surface area contributed by atoms with E-state index in [-0.39, 0.29) is 17.7 Å². The van der Waals surface area contributed by atoms with E-state index in [0.717, 1.165) is 31.2 Å². The lowest BCUT2D eigenvalue weighted by Gasteiger charge is -2.33. The SMILES string of the molecule is CCOc1cc(/C=C/C(=O)N2CCCC(C(=O)NC3CCCCC3)C2)ccc1OC. The summed E-state index contributed by atoms with van der Waals surface area (Å²) in [6, 6.07) is 5.90. The fraction of sp³-hybridized carbons (Fsp3) is 0.583. The van der Waals surface area contributed by atoms with E-state index in [0.29, 0.717) is 37.2 Å². The molecule has 6 nitrogen and oxygen atoms in total. The summed E-state index contributed by atoms with van der Waals surface area (Å²) >= 11 is 0. The topological polar surface area (TPSA) is 67.9 Å². The smallest absolute Gasteiger partial charge is 0.246 e. The van der Waals surface area contributed by atoms with Crippen LogP contribution in [-0.2, 0) is 9.59 Å². The van der Waals surface area contributed by atoms with Crippen LogP contribution in [0.25, 0.3) is 6.08 Å². The Morgan fingerprint density at radius 2 is 1.93 bits per heavy atom. The highest BCUT2D eigenvalue weighted by Gasteiger charge is 2.29. The highest BCUT2D eigenvalue weighted by molar-refractivity contribution is 5.92. The van der Waals surface area contributed by atoms with Gasteiger partial charge in [0.25, 0.3) is 0 Å². The van der Waals surface area contributed by atoms with Crippen LogP contribution in [0.4, 0.5) is 0 Å². The summed E-state index contributed by atoms with van der Waals surface area (Å²) in [5, 5.41) is 3.21. The number of piperidine rings is 1. The maximum Gasteiger partial charge on any atom is 0.246 e. The van der Waals surface area contributed by atoms with Gasteiger partial charge < -0.3 is 19.7 Å². The van der Waals surface area contributed by atoms with Gasteiger partial charge in [0.2, 0.25) is 11.8 Å². The van der Waals surface area contributed by atoms with Crippen LogP contribution in [0.1, 0.15) is 57.4 Å². The van der Waals surface area contributed by atoms with Gasteiger partial charge in [0, 0.05) is 25.2 Å². The third kappa shape index (κ3) is 6.00. The summed E-state index contributed by atoms with van der Waals surface area (Å²) in [7, 11) is 1.61. The molecule has 164 valence electrons. The molecule has 0 spiro atoms. The van der Waals surface area contributed by atoms with Crippen molar-refractivity contribution in [2.45, 2.75) is 57.9 Å². The predicted molar refractivity (Wildman–Crippen MR) is 118 cm³/mol. The quantitative estimate of drug-likeness (QED) is 0.689. The summed E-state index contributed by atoms with van der Waals surface area (Å²) in [5.41, 5.74) is 0.871. The molecule has 2 amide bonds. The van der Waals surface area contributed by atoms with Gasteiger partial charge in [-0.1, -0.05) is 25.3 Å². The van der Waals surface area contributed by atoms with Crippen molar-refractivity contribution in [1.82, 2.24) is 10.2 Å². The molecular weight excluding hydrogens is 380 g/mol. The number of benzene rings is 1. The molecule has 1 heterocycles. The van der Waals surface area contributed by atoms with Crippen molar-refractivity contribution in [2.24, 2.45) is 5.92 Å². The maximum absolute atomic E-state index is 12.7. The molecule has 1 N–H and O–H groups in total. The molecular formula is C24H34N2O4. The van der Waals surface area contributed by atoms with E-state index in [1.165, 1.54) is 19.3 Å². The fourth-order valence-corrected chi connectivity index (χ4v) is 4.30. The van der Waals surface area contributed by atoms with Crippen LogP contribution in [0.5, 0.6) is 11.5 Å². The molecule has 2 fully saturated rings. The van der Waals surface area contributed by atoms with Gasteiger partial charge >= 0.3 is 0 Å². The highest BCUT2D eigenvalue weighted by Crippen LogP contribution is 2.28. The van der Waals surface area contributed by atoms with Gasteiger partial charge in [-0.25, -0.2) is 0 Å². The normalized spacial score (nSPS) is 20.2. The first-order valence-corrected chi connectivity index (χ1v) is 11.2. The first kappa shape index (κ1) is 22.2. The summed E-state index contributed by atoms with van der Waals surface area (Å²) in [5.74, 6) is 1.28. The molecule has 30 heavy (non-hydrogen) atoms. The number of ether oxygens (including phenoxy) is 2. The number of rotatable bonds is 7. The zero-order valence-electron chi connectivity index (χ0n) is 18.2. The Labute approximate surface area is 179 Å². The van der Waals surface area contributed by atoms with E-state index in [4.69, 9.17) is 9.47 Å². The molecule has 0 bridgehead atoms. The molecule has 1 aromatic carbocycles. The molecule has 3 rings (SSSR count). The van der Waals surface area contributed by atoms with E-state index in [1.807, 2.05) is 25.1 Å². The van der Waals surface area contributed by atoms with E-state index in [9.17, 15) is 9.59 Å². The van der Waals surface area contributed by atoms with Gasteiger partial charge in [-0.05, 0) is 56.4 Å². The van der Waals surface area contributed by atoms with E-state index in [1.54, 1.807) is 24.2 Å². The molecule has 6 heteroatoms. The largest absolute Gasteiger partial charge is 0.493 e. The van der Waals surface area contributed by atoms with Gasteiger partial charge in [-0.15, -0.1) is 0 Å². The number of hydrogen-bond donors (Lipinski definition) is 1. The number of methoxy groups -OCH3 is 1. The first-order valence-electron chi connectivity index (χ1n) is 11.2. The van der Waals surface area contributed by atoms with Gasteiger partial charge in [0.15, 0.2) is 11.5 Å². The average Bonchev–Trinajstić information content (AvgIpc) is 2.78. The van der Waals surface area contributed by atoms with Gasteiger partial charge in [0.1, 0.15) is 0 Å². The lowest BCUT2D eigenvalue weighted by molar-refractivity contribution is -0.132. The van der Waals surface area contributed by atoms with Crippen molar-refractivity contribution in [2.75, 3.05) is 26.8 Å². The number of hydrogen-bond acceptors (Lipinski definition) is 4. The molecule has 1 saturated carbocycles. The zero-order chi connectivity index (χ0) is 21.3. The fourth-order valence-electron chi connectivity index (χ4n) is 4.30. The maximum atomic E-state index is 12.7. The monoisotopic (exact) mass is 414 g/mol. The number of carbonyl (C=O) groups is 2. The Hall–Kier alpha value is -2.50. The molecule has 2 aliphatic rings. The number of carbonyl (C=O) groups excluding carboxylic acids is 2. The second kappa shape index (κ2) is 11.0. The molecule has 0 radical (unpaired) electrons. The van der Waals surface area contributed by atoms with E-state index in [2.05, 4.69) is 5.32 Å². The van der Waals surface area contributed by atoms with Gasteiger partial charge in [-0.3, -0.25) is 9.59 Å². The van der Waals surface area contributed by atoms with Crippen LogP contribution in [0.2, 0.25) is 0 Å². The Balaban J connectivity index is 1.57. The van der Waals surface area contributed by atoms with E-state index >= 15 is 0 Å². The Morgan fingerprint density at radius 3 is 2.67 bits per heavy atom. The van der Waals surface area contributed by atoms with Crippen LogP contribution in [0.15, 0.2) is 24.3 Å². The molecule has 1 aliphatic carbocycles. The van der Waals surface area contributed by atoms with Crippen molar-refractivity contribution >= 4 is 17.9 Å². The summed E-state index contributed by atoms with van der Waals surface area (Å²) < 4.78 is 10.9. The third-order valence-electron chi connectivity index (χ3n) is 5.96. The minimum Gasteiger partial charge on any atom is -0.493 e. The lowest BCUT2D eigenvalue weighted by Crippen LogP contribution is -2.47. The van der Waals surface area contributed by atoms with Crippen LogP contribution in [-0.4, -0.2) is 49.6 Å². The minimum absolute atomic E-state index is 0.0565. The van der Waals surface area contributed by atoms with Gasteiger partial charge in [-0.2, -0.15) is 0 Å². The average molecular weight is 415 g/mol.